The Hall–Kier alpha value is -1.12. The molecule has 0 spiro atoms. The Morgan fingerprint density at radius 1 is 1.14 bits per heavy atom. The fourth-order valence-corrected chi connectivity index (χ4v) is 8.18. The van der Waals surface area contributed by atoms with Crippen molar-refractivity contribution < 1.29 is 14.3 Å². The number of fused-ring (bicyclic) bond motifs is 5. The van der Waals surface area contributed by atoms with Gasteiger partial charge in [-0.2, -0.15) is 0 Å². The molecule has 0 bridgehead atoms. The maximum atomic E-state index is 12.0. The SMILES string of the molecule is COC(=O)CC[C@@H](C)[C@H]1CC[C@H]2[C@@H]3CCC4=[13CH][13C](=O)CC[C@]4(C)[C@H]3CC[C@]12C. The molecule has 0 N–H and O–H groups in total. The molecule has 3 nitrogen and oxygen atoms in total. The fourth-order valence-electron chi connectivity index (χ4n) is 8.18. The molecule has 4 aliphatic carbocycles. The summed E-state index contributed by atoms with van der Waals surface area (Å²) in [6.07, 6.45) is 13.1. The van der Waals surface area contributed by atoms with Crippen LogP contribution < -0.4 is 0 Å². The second kappa shape index (κ2) is 7.29. The predicted octanol–water partition coefficient (Wildman–Crippen LogP) is 5.72. The Morgan fingerprint density at radius 3 is 2.68 bits per heavy atom. The van der Waals surface area contributed by atoms with E-state index < -0.39 is 0 Å². The highest BCUT2D eigenvalue weighted by Gasteiger charge is 2.59. The highest BCUT2D eigenvalue weighted by atomic mass is 16.5. The average molecular weight is 389 g/mol. The molecule has 4 rings (SSSR count). The molecule has 0 aromatic carbocycles. The van der Waals surface area contributed by atoms with Gasteiger partial charge < -0.3 is 4.74 Å². The molecule has 156 valence electrons. The first kappa shape index (κ1) is 20.2. The van der Waals surface area contributed by atoms with Gasteiger partial charge in [0.2, 0.25) is 0 Å². The third-order valence-corrected chi connectivity index (χ3v) is 9.75. The minimum Gasteiger partial charge on any atom is -0.469 e. The molecule has 4 aliphatic rings. The van der Waals surface area contributed by atoms with Crippen LogP contribution in [-0.4, -0.2) is 18.9 Å². The summed E-state index contributed by atoms with van der Waals surface area (Å²) >= 11 is 0. The minimum atomic E-state index is -0.0679. The molecule has 7 atom stereocenters. The smallest absolute Gasteiger partial charge is 0.305 e. The molecule has 0 amide bonds. The van der Waals surface area contributed by atoms with Gasteiger partial charge in [-0.3, -0.25) is 9.59 Å². The van der Waals surface area contributed by atoms with Crippen LogP contribution in [0.5, 0.6) is 0 Å². The summed E-state index contributed by atoms with van der Waals surface area (Å²) in [6, 6.07) is 0. The lowest BCUT2D eigenvalue weighted by Gasteiger charge is -2.58. The van der Waals surface area contributed by atoms with Crippen LogP contribution in [0, 0.1) is 40.4 Å². The number of allylic oxidation sites excluding steroid dienone is 1. The number of hydrogen-bond acceptors (Lipinski definition) is 3. The van der Waals surface area contributed by atoms with Gasteiger partial charge in [0.1, 0.15) is 0 Å². The highest BCUT2D eigenvalue weighted by Crippen LogP contribution is 2.67. The molecular formula is C25H38O3. The van der Waals surface area contributed by atoms with Crippen LogP contribution in [0.25, 0.3) is 0 Å². The van der Waals surface area contributed by atoms with E-state index in [0.29, 0.717) is 23.5 Å². The Labute approximate surface area is 170 Å². The number of rotatable bonds is 4. The monoisotopic (exact) mass is 388 g/mol. The average Bonchev–Trinajstić information content (AvgIpc) is 3.03. The molecule has 0 radical (unpaired) electrons. The zero-order valence-electron chi connectivity index (χ0n) is 18.3. The van der Waals surface area contributed by atoms with Crippen molar-refractivity contribution in [3.8, 4) is 0 Å². The second-order valence-corrected chi connectivity index (χ2v) is 10.8. The zero-order valence-corrected chi connectivity index (χ0v) is 18.3. The molecular weight excluding hydrogens is 350 g/mol. The fraction of sp³-hybridized carbons (Fsp3) is 0.840. The van der Waals surface area contributed by atoms with Crippen molar-refractivity contribution in [2.45, 2.75) is 85.0 Å². The molecule has 3 heteroatoms. The van der Waals surface area contributed by atoms with Gasteiger partial charge >= 0.3 is 5.97 Å². The lowest BCUT2D eigenvalue weighted by molar-refractivity contribution is -0.141. The van der Waals surface area contributed by atoms with Crippen molar-refractivity contribution in [2.75, 3.05) is 7.11 Å². The van der Waals surface area contributed by atoms with Gasteiger partial charge in [0.05, 0.1) is 7.11 Å². The summed E-state index contributed by atoms with van der Waals surface area (Å²) in [5.41, 5.74) is 2.17. The standard InChI is InChI=1S/C25H38O3/c1-16(5-10-23(27)28-4)20-8-9-21-19-7-6-17-15-18(26)11-13-24(17,2)22(19)12-14-25(20,21)3/h15-16,19-22H,5-14H2,1-4H3/t16-,19+,20-,21+,22+,24+,25-/m1/s1/i15+1,18+1. The number of ether oxygens (including phenoxy) is 1. The van der Waals surface area contributed by atoms with Crippen molar-refractivity contribution in [1.82, 2.24) is 0 Å². The summed E-state index contributed by atoms with van der Waals surface area (Å²) in [5, 5.41) is 0. The molecule has 0 aromatic rings. The molecule has 0 unspecified atom stereocenters. The van der Waals surface area contributed by atoms with E-state index in [9.17, 15) is 9.59 Å². The molecule has 0 aliphatic heterocycles. The maximum absolute atomic E-state index is 12.0. The van der Waals surface area contributed by atoms with E-state index >= 15 is 0 Å². The van der Waals surface area contributed by atoms with Crippen LogP contribution in [-0.2, 0) is 14.3 Å². The van der Waals surface area contributed by atoms with Gasteiger partial charge in [0.25, 0.3) is 0 Å². The van der Waals surface area contributed by atoms with Crippen molar-refractivity contribution in [1.29, 1.82) is 0 Å². The van der Waals surface area contributed by atoms with Gasteiger partial charge in [-0.1, -0.05) is 26.3 Å². The summed E-state index contributed by atoms with van der Waals surface area (Å²) < 4.78 is 4.87. The van der Waals surface area contributed by atoms with E-state index in [-0.39, 0.29) is 11.4 Å². The van der Waals surface area contributed by atoms with E-state index in [4.69, 9.17) is 4.74 Å². The lowest BCUT2D eigenvalue weighted by Crippen LogP contribution is -2.51. The second-order valence-electron chi connectivity index (χ2n) is 10.8. The van der Waals surface area contributed by atoms with E-state index in [1.54, 1.807) is 0 Å². The number of hydrogen-bond donors (Lipinski definition) is 0. The van der Waals surface area contributed by atoms with Crippen molar-refractivity contribution >= 4 is 11.8 Å². The first-order valence-corrected chi connectivity index (χ1v) is 11.6. The van der Waals surface area contributed by atoms with Crippen LogP contribution in [0.1, 0.15) is 85.0 Å². The van der Waals surface area contributed by atoms with Gasteiger partial charge in [-0.05, 0) is 97.9 Å². The largest absolute Gasteiger partial charge is 0.469 e. The first-order valence-electron chi connectivity index (χ1n) is 11.6. The summed E-state index contributed by atoms with van der Waals surface area (Å²) in [7, 11) is 1.49. The van der Waals surface area contributed by atoms with E-state index in [1.165, 1.54) is 44.8 Å². The molecule has 0 heterocycles. The normalized spacial score (nSPS) is 43.4. The Balaban J connectivity index is 1.51. The third-order valence-electron chi connectivity index (χ3n) is 9.75. The molecule has 0 saturated heterocycles. The zero-order chi connectivity index (χ0) is 20.1. The predicted molar refractivity (Wildman–Crippen MR) is 111 cm³/mol. The summed E-state index contributed by atoms with van der Waals surface area (Å²) in [6.45, 7) is 7.40. The minimum absolute atomic E-state index is 0.0679. The van der Waals surface area contributed by atoms with Crippen LogP contribution in [0.2, 0.25) is 0 Å². The number of esters is 1. The topological polar surface area (TPSA) is 43.4 Å². The number of carbonyl (C=O) groups is 2. The molecule has 3 fully saturated rings. The Bertz CT molecular complexity index is 679. The van der Waals surface area contributed by atoms with Crippen molar-refractivity contribution in [3.05, 3.63) is 11.6 Å². The van der Waals surface area contributed by atoms with E-state index in [1.807, 2.05) is 6.08 Å². The van der Waals surface area contributed by atoms with Crippen molar-refractivity contribution in [2.24, 2.45) is 40.4 Å². The number of carbonyl (C=O) groups excluding carboxylic acids is 2. The summed E-state index contributed by atoms with van der Waals surface area (Å²) in [4.78, 5) is 23.6. The van der Waals surface area contributed by atoms with Gasteiger partial charge in [0, 0.05) is 12.8 Å². The maximum Gasteiger partial charge on any atom is 0.305 e. The van der Waals surface area contributed by atoms with Crippen molar-refractivity contribution in [3.63, 3.8) is 0 Å². The van der Waals surface area contributed by atoms with Crippen LogP contribution in [0.4, 0.5) is 0 Å². The van der Waals surface area contributed by atoms with Gasteiger partial charge in [0.15, 0.2) is 5.78 Å². The first-order chi connectivity index (χ1) is 13.3. The lowest BCUT2D eigenvalue weighted by atomic mass is 9.47. The number of ketones is 1. The van der Waals surface area contributed by atoms with Crippen LogP contribution in [0.3, 0.4) is 0 Å². The molecule has 28 heavy (non-hydrogen) atoms. The van der Waals surface area contributed by atoms with Crippen LogP contribution in [0.15, 0.2) is 11.6 Å². The Kier molecular flexibility index (Phi) is 5.25. The summed E-state index contributed by atoms with van der Waals surface area (Å²) in [5.74, 6) is 4.03. The van der Waals surface area contributed by atoms with Gasteiger partial charge in [-0.25, -0.2) is 0 Å². The number of methoxy groups -OCH3 is 1. The molecule has 0 aromatic heterocycles. The quantitative estimate of drug-likeness (QED) is 0.457. The van der Waals surface area contributed by atoms with Gasteiger partial charge in [-0.15, -0.1) is 0 Å². The van der Waals surface area contributed by atoms with E-state index in [2.05, 4.69) is 20.8 Å². The third kappa shape index (κ3) is 3.08. The highest BCUT2D eigenvalue weighted by molar-refractivity contribution is 5.91. The van der Waals surface area contributed by atoms with E-state index in [0.717, 1.165) is 49.4 Å². The van der Waals surface area contributed by atoms with Crippen LogP contribution >= 0.6 is 0 Å². The Morgan fingerprint density at radius 2 is 1.93 bits per heavy atom. The molecule has 3 saturated carbocycles.